The molecule has 0 aliphatic carbocycles. The second-order valence-electron chi connectivity index (χ2n) is 4.98. The molecule has 7 nitrogen and oxygen atoms in total. The fraction of sp³-hybridized carbons (Fsp3) is 0.583. The molecular weight excluding hydrogens is 244 g/mol. The van der Waals surface area contributed by atoms with Gasteiger partial charge >= 0.3 is 0 Å². The Kier molecular flexibility index (Phi) is 5.65. The van der Waals surface area contributed by atoms with Crippen LogP contribution >= 0.6 is 0 Å². The summed E-state index contributed by atoms with van der Waals surface area (Å²) in [4.78, 5) is 21.6. The van der Waals surface area contributed by atoms with Crippen LogP contribution in [0.15, 0.2) is 6.07 Å². The van der Waals surface area contributed by atoms with E-state index in [9.17, 15) is 4.79 Å². The van der Waals surface area contributed by atoms with Crippen molar-refractivity contribution in [2.75, 3.05) is 18.5 Å². The first-order chi connectivity index (χ1) is 8.90. The van der Waals surface area contributed by atoms with Gasteiger partial charge in [-0.05, 0) is 12.8 Å². The monoisotopic (exact) mass is 266 g/mol. The summed E-state index contributed by atoms with van der Waals surface area (Å²) in [5.74, 6) is 6.60. The van der Waals surface area contributed by atoms with Gasteiger partial charge in [-0.2, -0.15) is 0 Å². The van der Waals surface area contributed by atoms with Crippen LogP contribution in [-0.2, 0) is 11.3 Å². The van der Waals surface area contributed by atoms with E-state index in [1.807, 2.05) is 11.8 Å². The summed E-state index contributed by atoms with van der Waals surface area (Å²) in [6, 6.07) is 1.75. The highest BCUT2D eigenvalue weighted by molar-refractivity contribution is 5.75. The Morgan fingerprint density at radius 3 is 2.68 bits per heavy atom. The van der Waals surface area contributed by atoms with Gasteiger partial charge in [-0.3, -0.25) is 9.69 Å². The fourth-order valence-corrected chi connectivity index (χ4v) is 1.90. The van der Waals surface area contributed by atoms with Gasteiger partial charge in [0.25, 0.3) is 0 Å². The number of nitrogens with one attached hydrogen (secondary N) is 1. The van der Waals surface area contributed by atoms with E-state index in [1.165, 1.54) is 0 Å². The van der Waals surface area contributed by atoms with Crippen molar-refractivity contribution in [1.82, 2.24) is 14.9 Å². The zero-order valence-electron chi connectivity index (χ0n) is 11.7. The van der Waals surface area contributed by atoms with Gasteiger partial charge in [-0.15, -0.1) is 0 Å². The van der Waals surface area contributed by atoms with Crippen LogP contribution in [0.2, 0.25) is 0 Å². The smallest absolute Gasteiger partial charge is 0.231 e. The zero-order valence-corrected chi connectivity index (χ0v) is 11.7. The zero-order chi connectivity index (χ0) is 14.4. The average molecular weight is 266 g/mol. The predicted octanol–water partition coefficient (Wildman–Crippen LogP) is 0.0139. The Morgan fingerprint density at radius 1 is 1.47 bits per heavy atom. The highest BCUT2D eigenvalue weighted by atomic mass is 16.1. The summed E-state index contributed by atoms with van der Waals surface area (Å²) in [5, 5.41) is 0. The third-order valence-electron chi connectivity index (χ3n) is 2.42. The Labute approximate surface area is 113 Å². The molecule has 0 spiro atoms. The van der Waals surface area contributed by atoms with Crippen LogP contribution in [0.5, 0.6) is 0 Å². The summed E-state index contributed by atoms with van der Waals surface area (Å²) < 4.78 is 0. The van der Waals surface area contributed by atoms with Gasteiger partial charge in [0, 0.05) is 18.3 Å². The lowest BCUT2D eigenvalue weighted by molar-refractivity contribution is -0.119. The fourth-order valence-electron chi connectivity index (χ4n) is 1.90. The predicted molar refractivity (Wildman–Crippen MR) is 73.9 cm³/mol. The van der Waals surface area contributed by atoms with Crippen molar-refractivity contribution in [1.29, 1.82) is 0 Å². The number of amides is 1. The molecule has 0 radical (unpaired) electrons. The molecule has 7 heteroatoms. The van der Waals surface area contributed by atoms with Crippen molar-refractivity contribution in [3.05, 3.63) is 17.6 Å². The molecule has 5 N–H and O–H groups in total. The minimum absolute atomic E-state index is 0.195. The number of nitrogen functional groups attached to an aromatic ring is 1. The quantitative estimate of drug-likeness (QED) is 0.474. The number of aryl methyl sites for hydroxylation is 1. The van der Waals surface area contributed by atoms with Gasteiger partial charge in [0.1, 0.15) is 11.6 Å². The minimum Gasteiger partial charge on any atom is -0.369 e. The maximum absolute atomic E-state index is 11.1. The molecule has 0 saturated carbocycles. The van der Waals surface area contributed by atoms with Crippen molar-refractivity contribution in [2.24, 2.45) is 17.5 Å². The Balaban J connectivity index is 2.82. The second-order valence-corrected chi connectivity index (χ2v) is 4.98. The van der Waals surface area contributed by atoms with E-state index in [1.54, 1.807) is 6.07 Å². The first kappa shape index (κ1) is 15.3. The first-order valence-corrected chi connectivity index (χ1v) is 6.22. The molecule has 1 heterocycles. The molecule has 0 fully saturated rings. The van der Waals surface area contributed by atoms with Gasteiger partial charge in [0.05, 0.1) is 13.1 Å². The number of hydrogen-bond acceptors (Lipinski definition) is 6. The Hall–Kier alpha value is -1.73. The highest BCUT2D eigenvalue weighted by Crippen LogP contribution is 2.08. The molecular formula is C12H22N6O. The van der Waals surface area contributed by atoms with Crippen LogP contribution in [0.3, 0.4) is 0 Å². The largest absolute Gasteiger partial charge is 0.369 e. The van der Waals surface area contributed by atoms with Gasteiger partial charge < -0.3 is 11.2 Å². The maximum atomic E-state index is 11.1. The summed E-state index contributed by atoms with van der Waals surface area (Å²) in [6.45, 7) is 7.45. The summed E-state index contributed by atoms with van der Waals surface area (Å²) in [6.07, 6.45) is 0. The molecule has 1 rings (SSSR count). The molecule has 0 aliphatic heterocycles. The standard InChI is InChI=1S/C12H22N6O/c1-8(2)5-18(6-10(13)19)7-12-15-9(3)4-11(16-12)17-14/h4,8H,5-7,14H2,1-3H3,(H2,13,19)(H,15,16,17). The van der Waals surface area contributed by atoms with E-state index in [2.05, 4.69) is 29.2 Å². The third-order valence-corrected chi connectivity index (χ3v) is 2.42. The molecule has 0 saturated heterocycles. The van der Waals surface area contributed by atoms with Crippen molar-refractivity contribution < 1.29 is 4.79 Å². The van der Waals surface area contributed by atoms with Gasteiger partial charge in [-0.25, -0.2) is 15.8 Å². The van der Waals surface area contributed by atoms with Crippen molar-refractivity contribution in [3.63, 3.8) is 0 Å². The number of aromatic nitrogens is 2. The molecule has 19 heavy (non-hydrogen) atoms. The van der Waals surface area contributed by atoms with Crippen molar-refractivity contribution in [3.8, 4) is 0 Å². The van der Waals surface area contributed by atoms with Crippen molar-refractivity contribution >= 4 is 11.7 Å². The van der Waals surface area contributed by atoms with Gasteiger partial charge in [-0.1, -0.05) is 13.8 Å². The highest BCUT2D eigenvalue weighted by Gasteiger charge is 2.13. The number of carbonyl (C=O) groups is 1. The number of nitrogens with zero attached hydrogens (tertiary/aromatic N) is 3. The molecule has 1 aromatic heterocycles. The van der Waals surface area contributed by atoms with Crippen LogP contribution in [0.1, 0.15) is 25.4 Å². The molecule has 0 bridgehead atoms. The molecule has 0 atom stereocenters. The number of hydrazine groups is 1. The van der Waals surface area contributed by atoms with E-state index in [-0.39, 0.29) is 12.5 Å². The second kappa shape index (κ2) is 7.01. The summed E-state index contributed by atoms with van der Waals surface area (Å²) in [5.41, 5.74) is 8.58. The molecule has 0 aliphatic rings. The lowest BCUT2D eigenvalue weighted by Crippen LogP contribution is -2.36. The molecule has 106 valence electrons. The molecule has 1 amide bonds. The average Bonchev–Trinajstić information content (AvgIpc) is 2.26. The van der Waals surface area contributed by atoms with E-state index >= 15 is 0 Å². The summed E-state index contributed by atoms with van der Waals surface area (Å²) in [7, 11) is 0. The number of primary amides is 1. The minimum atomic E-state index is -0.356. The van der Waals surface area contributed by atoms with Gasteiger partial charge in [0.15, 0.2) is 0 Å². The number of hydrogen-bond donors (Lipinski definition) is 3. The third kappa shape index (κ3) is 5.62. The van der Waals surface area contributed by atoms with Crippen LogP contribution in [0.25, 0.3) is 0 Å². The van der Waals surface area contributed by atoms with E-state index < -0.39 is 0 Å². The number of anilines is 1. The number of nitrogens with two attached hydrogens (primary N) is 2. The van der Waals surface area contributed by atoms with E-state index in [0.717, 1.165) is 12.2 Å². The first-order valence-electron chi connectivity index (χ1n) is 6.22. The lowest BCUT2D eigenvalue weighted by atomic mass is 10.2. The normalized spacial score (nSPS) is 11.1. The van der Waals surface area contributed by atoms with Gasteiger partial charge in [0.2, 0.25) is 5.91 Å². The van der Waals surface area contributed by atoms with Crippen LogP contribution in [0, 0.1) is 12.8 Å². The van der Waals surface area contributed by atoms with Crippen LogP contribution in [0.4, 0.5) is 5.82 Å². The lowest BCUT2D eigenvalue weighted by Gasteiger charge is -2.22. The Morgan fingerprint density at radius 2 is 2.16 bits per heavy atom. The number of carbonyl (C=O) groups excluding carboxylic acids is 1. The van der Waals surface area contributed by atoms with Crippen LogP contribution < -0.4 is 17.0 Å². The topological polar surface area (TPSA) is 110 Å². The number of rotatable bonds is 7. The molecule has 1 aromatic rings. The molecule has 0 unspecified atom stereocenters. The van der Waals surface area contributed by atoms with E-state index in [0.29, 0.717) is 24.1 Å². The van der Waals surface area contributed by atoms with Crippen molar-refractivity contribution in [2.45, 2.75) is 27.3 Å². The summed E-state index contributed by atoms with van der Waals surface area (Å²) >= 11 is 0. The SMILES string of the molecule is Cc1cc(NN)nc(CN(CC(N)=O)CC(C)C)n1. The van der Waals surface area contributed by atoms with E-state index in [4.69, 9.17) is 11.6 Å². The van der Waals surface area contributed by atoms with Crippen LogP contribution in [-0.4, -0.2) is 33.9 Å². The molecule has 0 aromatic carbocycles. The Bertz CT molecular complexity index is 434. The maximum Gasteiger partial charge on any atom is 0.231 e.